The Balaban J connectivity index is 2.37. The maximum Gasteiger partial charge on any atom is 0.227 e. The second kappa shape index (κ2) is 7.92. The van der Waals surface area contributed by atoms with Crippen molar-refractivity contribution >= 4 is 11.8 Å². The number of amides is 2. The highest BCUT2D eigenvalue weighted by molar-refractivity contribution is 5.87. The molecule has 3 unspecified atom stereocenters. The van der Waals surface area contributed by atoms with Gasteiger partial charge in [-0.15, -0.1) is 0 Å². The second-order valence-corrected chi connectivity index (χ2v) is 7.74. The summed E-state index contributed by atoms with van der Waals surface area (Å²) in [5.74, 6) is 0.726. The Morgan fingerprint density at radius 3 is 2.04 bits per heavy atom. The Kier molecular flexibility index (Phi) is 6.34. The third-order valence-electron chi connectivity index (χ3n) is 7.04. The Morgan fingerprint density at radius 1 is 1.04 bits per heavy atom. The van der Waals surface area contributed by atoms with Gasteiger partial charge >= 0.3 is 0 Å². The molecule has 25 heavy (non-hydrogen) atoms. The van der Waals surface area contributed by atoms with Gasteiger partial charge in [0, 0.05) is 38.0 Å². The van der Waals surface area contributed by atoms with E-state index in [9.17, 15) is 9.59 Å². The van der Waals surface area contributed by atoms with Gasteiger partial charge in [-0.05, 0) is 66.7 Å². The normalized spacial score (nSPS) is 26.1. The number of carbonyl (C=O) groups is 2. The van der Waals surface area contributed by atoms with E-state index < -0.39 is 0 Å². The van der Waals surface area contributed by atoms with Gasteiger partial charge in [-0.2, -0.15) is 0 Å². The number of allylic oxidation sites excluding steroid dienone is 2. The molecular formula is C21H36N2O2. The minimum absolute atomic E-state index is 0.0861. The molecule has 0 radical (unpaired) electrons. The minimum Gasteiger partial charge on any atom is -0.343 e. The van der Waals surface area contributed by atoms with Crippen molar-refractivity contribution in [1.29, 1.82) is 0 Å². The van der Waals surface area contributed by atoms with Gasteiger partial charge in [-0.1, -0.05) is 11.1 Å². The molecule has 0 saturated heterocycles. The lowest BCUT2D eigenvalue weighted by Crippen LogP contribution is -2.46. The molecule has 0 aromatic heterocycles. The molecule has 4 heteroatoms. The molecule has 0 heterocycles. The summed E-state index contributed by atoms with van der Waals surface area (Å²) in [4.78, 5) is 30.1. The number of hydrogen-bond acceptors (Lipinski definition) is 2. The van der Waals surface area contributed by atoms with Crippen LogP contribution in [0.4, 0.5) is 0 Å². The summed E-state index contributed by atoms with van der Waals surface area (Å²) < 4.78 is 0. The zero-order chi connectivity index (χ0) is 18.8. The predicted octanol–water partition coefficient (Wildman–Crippen LogP) is 3.87. The molecule has 3 atom stereocenters. The predicted molar refractivity (Wildman–Crippen MR) is 102 cm³/mol. The fraction of sp³-hybridized carbons (Fsp3) is 0.810. The molecule has 0 aromatic carbocycles. The molecule has 0 spiro atoms. The van der Waals surface area contributed by atoms with Gasteiger partial charge in [0.25, 0.3) is 0 Å². The van der Waals surface area contributed by atoms with Crippen molar-refractivity contribution in [2.45, 2.75) is 67.2 Å². The number of nitrogens with zero attached hydrogens (tertiary/aromatic N) is 2. The quantitative estimate of drug-likeness (QED) is 0.625. The molecule has 2 rings (SSSR count). The van der Waals surface area contributed by atoms with Gasteiger partial charge in [-0.3, -0.25) is 9.59 Å². The van der Waals surface area contributed by atoms with E-state index >= 15 is 0 Å². The van der Waals surface area contributed by atoms with Gasteiger partial charge in [-0.25, -0.2) is 0 Å². The van der Waals surface area contributed by atoms with Crippen LogP contribution in [0.15, 0.2) is 11.1 Å². The van der Waals surface area contributed by atoms with Crippen LogP contribution in [0.3, 0.4) is 0 Å². The van der Waals surface area contributed by atoms with E-state index in [0.29, 0.717) is 38.5 Å². The summed E-state index contributed by atoms with van der Waals surface area (Å²) in [6, 6.07) is 0. The summed E-state index contributed by atoms with van der Waals surface area (Å²) in [6.45, 7) is 15.4. The molecule has 0 aliphatic heterocycles. The summed E-state index contributed by atoms with van der Waals surface area (Å²) in [6.07, 6.45) is 3.65. The van der Waals surface area contributed by atoms with Crippen molar-refractivity contribution in [2.75, 3.05) is 26.2 Å². The van der Waals surface area contributed by atoms with Gasteiger partial charge < -0.3 is 9.80 Å². The zero-order valence-electron chi connectivity index (χ0n) is 17.0. The lowest BCUT2D eigenvalue weighted by Gasteiger charge is -2.40. The average molecular weight is 349 g/mol. The minimum atomic E-state index is -0.206. The molecule has 2 aliphatic rings. The van der Waals surface area contributed by atoms with Crippen molar-refractivity contribution in [3.8, 4) is 0 Å². The van der Waals surface area contributed by atoms with Gasteiger partial charge in [0.2, 0.25) is 11.8 Å². The Labute approximate surface area is 153 Å². The van der Waals surface area contributed by atoms with E-state index in [1.807, 2.05) is 37.5 Å². The highest BCUT2D eigenvalue weighted by Crippen LogP contribution is 2.61. The third-order valence-corrected chi connectivity index (χ3v) is 7.04. The van der Waals surface area contributed by atoms with Crippen LogP contribution in [-0.4, -0.2) is 47.8 Å². The number of carbonyl (C=O) groups excluding carboxylic acids is 2. The van der Waals surface area contributed by atoms with Gasteiger partial charge in [0.05, 0.1) is 5.92 Å². The van der Waals surface area contributed by atoms with E-state index in [0.717, 1.165) is 12.8 Å². The van der Waals surface area contributed by atoms with Gasteiger partial charge in [0.15, 0.2) is 0 Å². The molecule has 142 valence electrons. The molecule has 1 saturated carbocycles. The van der Waals surface area contributed by atoms with Crippen molar-refractivity contribution in [3.05, 3.63) is 11.1 Å². The van der Waals surface area contributed by atoms with Crippen molar-refractivity contribution in [3.63, 3.8) is 0 Å². The molecule has 2 aliphatic carbocycles. The van der Waals surface area contributed by atoms with Crippen LogP contribution < -0.4 is 0 Å². The topological polar surface area (TPSA) is 40.6 Å². The fourth-order valence-corrected chi connectivity index (χ4v) is 5.22. The van der Waals surface area contributed by atoms with Crippen LogP contribution in [0.5, 0.6) is 0 Å². The molecule has 2 bridgehead atoms. The monoisotopic (exact) mass is 348 g/mol. The SMILES string of the molecule is CCN(CC)C(=O)CC(C(=O)N(CC)CC)C12CCC(C1)C(C)=C2C. The van der Waals surface area contributed by atoms with Crippen LogP contribution >= 0.6 is 0 Å². The molecule has 2 amide bonds. The number of rotatable bonds is 8. The Hall–Kier alpha value is -1.32. The van der Waals surface area contributed by atoms with Crippen LogP contribution in [-0.2, 0) is 9.59 Å². The van der Waals surface area contributed by atoms with Crippen LogP contribution in [0.25, 0.3) is 0 Å². The third kappa shape index (κ3) is 3.37. The van der Waals surface area contributed by atoms with E-state index in [-0.39, 0.29) is 23.1 Å². The lowest BCUT2D eigenvalue weighted by molar-refractivity contribution is -0.144. The molecule has 1 fully saturated rings. The summed E-state index contributed by atoms with van der Waals surface area (Å²) in [5, 5.41) is 0. The van der Waals surface area contributed by atoms with Crippen molar-refractivity contribution < 1.29 is 9.59 Å². The second-order valence-electron chi connectivity index (χ2n) is 7.74. The van der Waals surface area contributed by atoms with Crippen molar-refractivity contribution in [1.82, 2.24) is 9.80 Å². The first-order valence-electron chi connectivity index (χ1n) is 10.1. The van der Waals surface area contributed by atoms with E-state index in [1.165, 1.54) is 17.6 Å². The first-order valence-corrected chi connectivity index (χ1v) is 10.1. The molecule has 0 aromatic rings. The van der Waals surface area contributed by atoms with E-state index in [4.69, 9.17) is 0 Å². The zero-order valence-corrected chi connectivity index (χ0v) is 17.0. The van der Waals surface area contributed by atoms with E-state index in [1.54, 1.807) is 0 Å². The van der Waals surface area contributed by atoms with Crippen LogP contribution in [0.1, 0.15) is 67.2 Å². The first kappa shape index (κ1) is 20.0. The smallest absolute Gasteiger partial charge is 0.227 e. The number of fused-ring (bicyclic) bond motifs is 2. The van der Waals surface area contributed by atoms with Crippen LogP contribution in [0.2, 0.25) is 0 Å². The Bertz CT molecular complexity index is 546. The maximum absolute atomic E-state index is 13.4. The highest BCUT2D eigenvalue weighted by atomic mass is 16.2. The van der Waals surface area contributed by atoms with E-state index in [2.05, 4.69) is 13.8 Å². The highest BCUT2D eigenvalue weighted by Gasteiger charge is 2.55. The lowest BCUT2D eigenvalue weighted by atomic mass is 9.67. The standard InChI is InChI=1S/C21H36N2O2/c1-7-22(8-2)19(24)13-18(20(25)23(9-3)10-4)21-12-11-17(14-21)15(5)16(21)6/h17-18H,7-14H2,1-6H3. The van der Waals surface area contributed by atoms with Crippen molar-refractivity contribution in [2.24, 2.45) is 17.3 Å². The maximum atomic E-state index is 13.4. The largest absolute Gasteiger partial charge is 0.343 e. The summed E-state index contributed by atoms with van der Waals surface area (Å²) in [7, 11) is 0. The molecule has 0 N–H and O–H groups in total. The number of hydrogen-bond donors (Lipinski definition) is 0. The van der Waals surface area contributed by atoms with Crippen LogP contribution in [0, 0.1) is 17.3 Å². The summed E-state index contributed by atoms with van der Waals surface area (Å²) >= 11 is 0. The summed E-state index contributed by atoms with van der Waals surface area (Å²) in [5.41, 5.74) is 2.78. The average Bonchev–Trinajstić information content (AvgIpc) is 3.14. The first-order chi connectivity index (χ1) is 11.9. The fourth-order valence-electron chi connectivity index (χ4n) is 5.22. The molecule has 4 nitrogen and oxygen atoms in total. The van der Waals surface area contributed by atoms with Gasteiger partial charge in [0.1, 0.15) is 0 Å². The Morgan fingerprint density at radius 2 is 1.60 bits per heavy atom. The molecular weight excluding hydrogens is 312 g/mol.